The van der Waals surface area contributed by atoms with Crippen molar-refractivity contribution in [1.82, 2.24) is 5.32 Å². The monoisotopic (exact) mass is 295 g/mol. The summed E-state index contributed by atoms with van der Waals surface area (Å²) < 4.78 is 0. The van der Waals surface area contributed by atoms with Crippen molar-refractivity contribution in [2.75, 3.05) is 11.9 Å². The zero-order chi connectivity index (χ0) is 15.3. The summed E-state index contributed by atoms with van der Waals surface area (Å²) >= 11 is 5.83. The number of carboxylic acid groups (broad SMARTS) is 1. The van der Waals surface area contributed by atoms with Gasteiger partial charge in [-0.2, -0.15) is 5.26 Å². The molecule has 2 amide bonds. The number of nitrogens with one attached hydrogen (secondary N) is 2. The van der Waals surface area contributed by atoms with Crippen LogP contribution in [-0.2, 0) is 4.79 Å². The Kier molecular flexibility index (Phi) is 4.94. The van der Waals surface area contributed by atoms with Crippen LogP contribution in [0.15, 0.2) is 18.2 Å². The van der Waals surface area contributed by atoms with E-state index in [1.807, 2.05) is 6.07 Å². The minimum atomic E-state index is -1.06. The van der Waals surface area contributed by atoms with Crippen molar-refractivity contribution in [2.24, 2.45) is 5.41 Å². The van der Waals surface area contributed by atoms with Crippen LogP contribution >= 0.6 is 11.6 Å². The van der Waals surface area contributed by atoms with Crippen molar-refractivity contribution in [3.63, 3.8) is 0 Å². The van der Waals surface area contributed by atoms with E-state index in [2.05, 4.69) is 10.6 Å². The van der Waals surface area contributed by atoms with Crippen LogP contribution in [0.25, 0.3) is 0 Å². The number of hydrogen-bond donors (Lipinski definition) is 3. The van der Waals surface area contributed by atoms with Crippen LogP contribution in [0.5, 0.6) is 0 Å². The third-order valence-electron chi connectivity index (χ3n) is 2.62. The molecular formula is C13H14ClN3O3. The molecule has 20 heavy (non-hydrogen) atoms. The van der Waals surface area contributed by atoms with Crippen molar-refractivity contribution in [3.8, 4) is 6.07 Å². The predicted octanol–water partition coefficient (Wildman–Crippen LogP) is 2.44. The Balaban J connectivity index is 2.62. The van der Waals surface area contributed by atoms with Gasteiger partial charge in [-0.1, -0.05) is 11.6 Å². The second-order valence-corrected chi connectivity index (χ2v) is 5.21. The lowest BCUT2D eigenvalue weighted by Crippen LogP contribution is -2.40. The Morgan fingerprint density at radius 3 is 2.60 bits per heavy atom. The first-order valence-corrected chi connectivity index (χ1v) is 6.12. The largest absolute Gasteiger partial charge is 0.481 e. The molecule has 0 saturated carbocycles. The first kappa shape index (κ1) is 15.8. The number of hydrogen-bond acceptors (Lipinski definition) is 3. The van der Waals surface area contributed by atoms with Crippen LogP contribution in [0.4, 0.5) is 10.5 Å². The number of carbonyl (C=O) groups excluding carboxylic acids is 1. The molecule has 1 aromatic rings. The van der Waals surface area contributed by atoms with Gasteiger partial charge >= 0.3 is 12.0 Å². The molecule has 106 valence electrons. The fourth-order valence-electron chi connectivity index (χ4n) is 1.24. The smallest absolute Gasteiger partial charge is 0.319 e. The fraction of sp³-hybridized carbons (Fsp3) is 0.308. The van der Waals surface area contributed by atoms with E-state index in [-0.39, 0.29) is 11.6 Å². The predicted molar refractivity (Wildman–Crippen MR) is 74.6 cm³/mol. The third-order valence-corrected chi connectivity index (χ3v) is 2.93. The van der Waals surface area contributed by atoms with Gasteiger partial charge in [0.15, 0.2) is 0 Å². The molecule has 0 fully saturated rings. The molecule has 0 aliphatic rings. The number of halogens is 1. The molecule has 0 unspecified atom stereocenters. The second kappa shape index (κ2) is 6.26. The summed E-state index contributed by atoms with van der Waals surface area (Å²) in [6.45, 7) is 3.00. The third kappa shape index (κ3) is 4.14. The van der Waals surface area contributed by atoms with E-state index in [4.69, 9.17) is 22.0 Å². The Hall–Kier alpha value is -2.26. The summed E-state index contributed by atoms with van der Waals surface area (Å²) in [6, 6.07) is 5.83. The number of rotatable bonds is 4. The highest BCUT2D eigenvalue weighted by Crippen LogP contribution is 2.20. The number of urea groups is 1. The van der Waals surface area contributed by atoms with Gasteiger partial charge in [0.1, 0.15) is 6.07 Å². The van der Waals surface area contributed by atoms with E-state index in [9.17, 15) is 9.59 Å². The second-order valence-electron chi connectivity index (χ2n) is 4.80. The number of nitriles is 1. The van der Waals surface area contributed by atoms with Crippen LogP contribution in [-0.4, -0.2) is 23.7 Å². The Labute approximate surface area is 121 Å². The van der Waals surface area contributed by atoms with Crippen molar-refractivity contribution >= 4 is 29.3 Å². The molecular weight excluding hydrogens is 282 g/mol. The Morgan fingerprint density at radius 1 is 1.45 bits per heavy atom. The average Bonchev–Trinajstić information content (AvgIpc) is 2.36. The topological polar surface area (TPSA) is 102 Å². The average molecular weight is 296 g/mol. The van der Waals surface area contributed by atoms with E-state index in [0.717, 1.165) is 0 Å². The molecule has 1 rings (SSSR count). The Bertz CT molecular complexity index is 579. The number of benzene rings is 1. The van der Waals surface area contributed by atoms with E-state index in [1.54, 1.807) is 0 Å². The van der Waals surface area contributed by atoms with Crippen LogP contribution in [0.2, 0.25) is 5.02 Å². The minimum Gasteiger partial charge on any atom is -0.481 e. The van der Waals surface area contributed by atoms with Crippen LogP contribution in [0.1, 0.15) is 19.4 Å². The standard InChI is InChI=1S/C13H14ClN3O3/c1-13(2,11(18)19)7-16-12(20)17-9-4-3-8(6-15)10(14)5-9/h3-5H,7H2,1-2H3,(H,18,19)(H2,16,17,20). The fourth-order valence-corrected chi connectivity index (χ4v) is 1.46. The van der Waals surface area contributed by atoms with Gasteiger partial charge in [0.05, 0.1) is 16.0 Å². The highest BCUT2D eigenvalue weighted by Gasteiger charge is 2.27. The Morgan fingerprint density at radius 2 is 2.10 bits per heavy atom. The normalized spacial score (nSPS) is 10.5. The van der Waals surface area contributed by atoms with Crippen molar-refractivity contribution in [1.29, 1.82) is 5.26 Å². The van der Waals surface area contributed by atoms with E-state index < -0.39 is 17.4 Å². The lowest BCUT2D eigenvalue weighted by molar-refractivity contribution is -0.146. The van der Waals surface area contributed by atoms with E-state index >= 15 is 0 Å². The van der Waals surface area contributed by atoms with Gasteiger partial charge in [0, 0.05) is 12.2 Å². The van der Waals surface area contributed by atoms with Gasteiger partial charge < -0.3 is 15.7 Å². The molecule has 1 aromatic carbocycles. The lowest BCUT2D eigenvalue weighted by Gasteiger charge is -2.19. The highest BCUT2D eigenvalue weighted by atomic mass is 35.5. The van der Waals surface area contributed by atoms with E-state index in [0.29, 0.717) is 11.3 Å². The quantitative estimate of drug-likeness (QED) is 0.794. The zero-order valence-corrected chi connectivity index (χ0v) is 11.8. The van der Waals surface area contributed by atoms with Gasteiger partial charge in [-0.05, 0) is 32.0 Å². The summed E-state index contributed by atoms with van der Waals surface area (Å²) in [4.78, 5) is 22.5. The maximum Gasteiger partial charge on any atom is 0.319 e. The molecule has 0 bridgehead atoms. The van der Waals surface area contributed by atoms with Crippen LogP contribution in [0.3, 0.4) is 0 Å². The first-order valence-electron chi connectivity index (χ1n) is 5.74. The summed E-state index contributed by atoms with van der Waals surface area (Å²) in [7, 11) is 0. The number of carbonyl (C=O) groups is 2. The number of aliphatic carboxylic acids is 1. The molecule has 0 aliphatic heterocycles. The minimum absolute atomic E-state index is 0.0157. The maximum atomic E-state index is 11.6. The molecule has 7 heteroatoms. The highest BCUT2D eigenvalue weighted by molar-refractivity contribution is 6.32. The SMILES string of the molecule is CC(C)(CNC(=O)Nc1ccc(C#N)c(Cl)c1)C(=O)O. The molecule has 0 atom stereocenters. The molecule has 0 aromatic heterocycles. The van der Waals surface area contributed by atoms with Crippen molar-refractivity contribution in [3.05, 3.63) is 28.8 Å². The molecule has 0 saturated heterocycles. The van der Waals surface area contributed by atoms with Gasteiger partial charge in [-0.25, -0.2) is 4.79 Å². The summed E-state index contributed by atoms with van der Waals surface area (Å²) in [5.74, 6) is -1.00. The first-order chi connectivity index (χ1) is 9.26. The number of nitrogens with zero attached hydrogens (tertiary/aromatic N) is 1. The van der Waals surface area contributed by atoms with Crippen LogP contribution in [0, 0.1) is 16.7 Å². The molecule has 0 spiro atoms. The summed E-state index contributed by atoms with van der Waals surface area (Å²) in [5.41, 5.74) is -0.330. The van der Waals surface area contributed by atoms with Gasteiger partial charge in [-0.15, -0.1) is 0 Å². The molecule has 3 N–H and O–H groups in total. The summed E-state index contributed by atoms with van der Waals surface area (Å²) in [5, 5.41) is 22.8. The molecule has 0 heterocycles. The lowest BCUT2D eigenvalue weighted by atomic mass is 9.94. The number of amides is 2. The molecule has 6 nitrogen and oxygen atoms in total. The summed E-state index contributed by atoms with van der Waals surface area (Å²) in [6.07, 6.45) is 0. The molecule has 0 radical (unpaired) electrons. The number of carboxylic acids is 1. The number of anilines is 1. The van der Waals surface area contributed by atoms with E-state index in [1.165, 1.54) is 32.0 Å². The zero-order valence-electron chi connectivity index (χ0n) is 11.0. The van der Waals surface area contributed by atoms with Gasteiger partial charge in [-0.3, -0.25) is 4.79 Å². The van der Waals surface area contributed by atoms with Crippen molar-refractivity contribution in [2.45, 2.75) is 13.8 Å². The molecule has 0 aliphatic carbocycles. The van der Waals surface area contributed by atoms with Crippen molar-refractivity contribution < 1.29 is 14.7 Å². The van der Waals surface area contributed by atoms with Gasteiger partial charge in [0.25, 0.3) is 0 Å². The van der Waals surface area contributed by atoms with Crippen LogP contribution < -0.4 is 10.6 Å². The maximum absolute atomic E-state index is 11.6. The van der Waals surface area contributed by atoms with Gasteiger partial charge in [0.2, 0.25) is 0 Å².